The molecule has 0 aliphatic carbocycles. The van der Waals surface area contributed by atoms with Crippen LogP contribution in [0.15, 0.2) is 45.3 Å². The van der Waals surface area contributed by atoms with E-state index < -0.39 is 10.0 Å². The van der Waals surface area contributed by atoms with Gasteiger partial charge in [0, 0.05) is 21.7 Å². The van der Waals surface area contributed by atoms with Gasteiger partial charge in [0.1, 0.15) is 0 Å². The van der Waals surface area contributed by atoms with E-state index in [0.717, 1.165) is 4.47 Å². The number of hydrazine groups is 1. The Morgan fingerprint density at radius 1 is 1.38 bits per heavy atom. The maximum absolute atomic E-state index is 12.6. The van der Waals surface area contributed by atoms with Gasteiger partial charge >= 0.3 is 0 Å². The Labute approximate surface area is 133 Å². The quantitative estimate of drug-likeness (QED) is 0.470. The summed E-state index contributed by atoms with van der Waals surface area (Å²) in [6.07, 6.45) is 1.63. The summed E-state index contributed by atoms with van der Waals surface area (Å²) in [5.41, 5.74) is 2.76. The molecule has 2 heterocycles. The lowest BCUT2D eigenvalue weighted by Crippen LogP contribution is -2.18. The van der Waals surface area contributed by atoms with Crippen LogP contribution in [0, 0.1) is 0 Å². The van der Waals surface area contributed by atoms with E-state index in [0.29, 0.717) is 10.6 Å². The number of nitrogen functional groups attached to an aromatic ring is 1. The summed E-state index contributed by atoms with van der Waals surface area (Å²) >= 11 is 4.62. The molecule has 0 unspecified atom stereocenters. The Morgan fingerprint density at radius 3 is 2.90 bits per heavy atom. The summed E-state index contributed by atoms with van der Waals surface area (Å²) in [7, 11) is -3.83. The van der Waals surface area contributed by atoms with Crippen LogP contribution in [0.25, 0.3) is 4.96 Å². The molecular weight excluding hydrogens is 378 g/mol. The molecule has 0 atom stereocenters. The molecule has 0 amide bonds. The molecule has 4 N–H and O–H groups in total. The average molecular weight is 388 g/mol. The summed E-state index contributed by atoms with van der Waals surface area (Å²) in [5.74, 6) is 5.47. The molecule has 0 saturated heterocycles. The minimum atomic E-state index is -3.83. The predicted octanol–water partition coefficient (Wildman–Crippen LogP) is 2.24. The van der Waals surface area contributed by atoms with Crippen molar-refractivity contribution in [3.05, 3.63) is 40.3 Å². The third-order valence-corrected chi connectivity index (χ3v) is 5.34. The molecule has 7 nitrogen and oxygen atoms in total. The van der Waals surface area contributed by atoms with Crippen LogP contribution < -0.4 is 16.0 Å². The Bertz CT molecular complexity index is 902. The van der Waals surface area contributed by atoms with Gasteiger partial charge in [0.15, 0.2) is 10.8 Å². The second-order valence-electron chi connectivity index (χ2n) is 4.08. The van der Waals surface area contributed by atoms with Crippen molar-refractivity contribution in [1.29, 1.82) is 0 Å². The molecule has 0 saturated carbocycles. The van der Waals surface area contributed by atoms with Crippen LogP contribution >= 0.6 is 27.3 Å². The molecule has 2 aromatic heterocycles. The highest BCUT2D eigenvalue weighted by Gasteiger charge is 2.25. The van der Waals surface area contributed by atoms with Gasteiger partial charge in [-0.15, -0.1) is 11.3 Å². The number of thiazole rings is 1. The third-order valence-electron chi connectivity index (χ3n) is 2.69. The Balaban J connectivity index is 2.09. The summed E-state index contributed by atoms with van der Waals surface area (Å²) in [4.78, 5) is 4.67. The molecule has 0 fully saturated rings. The van der Waals surface area contributed by atoms with Gasteiger partial charge in [0.2, 0.25) is 5.03 Å². The van der Waals surface area contributed by atoms with Gasteiger partial charge in [-0.25, -0.2) is 5.84 Å². The van der Waals surface area contributed by atoms with Gasteiger partial charge in [-0.05, 0) is 18.2 Å². The zero-order chi connectivity index (χ0) is 15.0. The Morgan fingerprint density at radius 2 is 2.19 bits per heavy atom. The lowest BCUT2D eigenvalue weighted by atomic mass is 10.3. The zero-order valence-electron chi connectivity index (χ0n) is 10.4. The lowest BCUT2D eigenvalue weighted by Gasteiger charge is -2.09. The number of nitrogens with two attached hydrogens (primary N) is 1. The zero-order valence-corrected chi connectivity index (χ0v) is 13.7. The summed E-state index contributed by atoms with van der Waals surface area (Å²) < 4.78 is 29.9. The van der Waals surface area contributed by atoms with E-state index in [1.165, 1.54) is 15.7 Å². The highest BCUT2D eigenvalue weighted by molar-refractivity contribution is 9.10. The van der Waals surface area contributed by atoms with Gasteiger partial charge in [0.25, 0.3) is 10.0 Å². The van der Waals surface area contributed by atoms with E-state index in [1.54, 1.807) is 35.8 Å². The molecule has 0 radical (unpaired) electrons. The fraction of sp³-hybridized carbons (Fsp3) is 0. The number of nitrogens with one attached hydrogen (secondary N) is 2. The highest BCUT2D eigenvalue weighted by atomic mass is 79.9. The number of aromatic nitrogens is 2. The number of imidazole rings is 1. The largest absolute Gasteiger partial charge is 0.306 e. The van der Waals surface area contributed by atoms with Crippen LogP contribution in [0.4, 0.5) is 11.5 Å². The van der Waals surface area contributed by atoms with Crippen molar-refractivity contribution < 1.29 is 8.42 Å². The highest BCUT2D eigenvalue weighted by Crippen LogP contribution is 2.27. The third kappa shape index (κ3) is 2.62. The first-order valence-electron chi connectivity index (χ1n) is 5.72. The van der Waals surface area contributed by atoms with E-state index in [2.05, 4.69) is 31.1 Å². The number of anilines is 2. The van der Waals surface area contributed by atoms with Crippen LogP contribution in [0.3, 0.4) is 0 Å². The normalized spacial score (nSPS) is 11.7. The van der Waals surface area contributed by atoms with Crippen molar-refractivity contribution in [2.75, 3.05) is 10.1 Å². The first-order chi connectivity index (χ1) is 10.0. The summed E-state index contributed by atoms with van der Waals surface area (Å²) in [6, 6.07) is 6.86. The first kappa shape index (κ1) is 14.3. The van der Waals surface area contributed by atoms with E-state index in [9.17, 15) is 8.42 Å². The molecule has 3 rings (SSSR count). The van der Waals surface area contributed by atoms with E-state index in [-0.39, 0.29) is 10.8 Å². The number of rotatable bonds is 4. The van der Waals surface area contributed by atoms with Crippen molar-refractivity contribution in [2.24, 2.45) is 5.84 Å². The second kappa shape index (κ2) is 5.30. The number of nitrogens with zero attached hydrogens (tertiary/aromatic N) is 2. The van der Waals surface area contributed by atoms with Gasteiger partial charge in [-0.2, -0.15) is 13.4 Å². The molecule has 0 bridgehead atoms. The van der Waals surface area contributed by atoms with Crippen molar-refractivity contribution in [3.8, 4) is 0 Å². The van der Waals surface area contributed by atoms with E-state index in [4.69, 9.17) is 5.84 Å². The molecular formula is C11H10BrN5O2S2. The minimum absolute atomic E-state index is 0.0266. The predicted molar refractivity (Wildman–Crippen MR) is 85.8 cm³/mol. The number of hydrogen-bond donors (Lipinski definition) is 3. The van der Waals surface area contributed by atoms with Crippen LogP contribution in [0.5, 0.6) is 0 Å². The number of hydrogen-bond acceptors (Lipinski definition) is 6. The van der Waals surface area contributed by atoms with Crippen LogP contribution in [0.1, 0.15) is 0 Å². The molecule has 3 aromatic rings. The van der Waals surface area contributed by atoms with Crippen LogP contribution in [0.2, 0.25) is 0 Å². The van der Waals surface area contributed by atoms with E-state index >= 15 is 0 Å². The van der Waals surface area contributed by atoms with Gasteiger partial charge in [-0.1, -0.05) is 22.0 Å². The van der Waals surface area contributed by atoms with Gasteiger partial charge in [-0.3, -0.25) is 9.12 Å². The molecule has 10 heteroatoms. The smallest absolute Gasteiger partial charge is 0.281 e. The van der Waals surface area contributed by atoms with Crippen molar-refractivity contribution in [1.82, 2.24) is 9.38 Å². The fourth-order valence-corrected chi connectivity index (χ4v) is 4.34. The number of halogens is 1. The number of sulfonamides is 1. The Kier molecular flexibility index (Phi) is 3.61. The first-order valence-corrected chi connectivity index (χ1v) is 8.87. The maximum atomic E-state index is 12.6. The minimum Gasteiger partial charge on any atom is -0.306 e. The number of fused-ring (bicyclic) bond motifs is 1. The average Bonchev–Trinajstić information content (AvgIpc) is 2.96. The molecule has 0 aliphatic heterocycles. The van der Waals surface area contributed by atoms with E-state index in [1.807, 2.05) is 0 Å². The topological polar surface area (TPSA) is 102 Å². The summed E-state index contributed by atoms with van der Waals surface area (Å²) in [6.45, 7) is 0. The number of benzene rings is 1. The SMILES string of the molecule is NNc1nc2sccn2c1S(=O)(=O)Nc1cccc(Br)c1. The molecule has 110 valence electrons. The second-order valence-corrected chi connectivity index (χ2v) is 7.47. The van der Waals surface area contributed by atoms with Crippen molar-refractivity contribution >= 4 is 53.8 Å². The summed E-state index contributed by atoms with van der Waals surface area (Å²) in [5, 5.41) is 1.72. The van der Waals surface area contributed by atoms with Crippen molar-refractivity contribution in [2.45, 2.75) is 5.03 Å². The molecule has 1 aromatic carbocycles. The monoisotopic (exact) mass is 387 g/mol. The maximum Gasteiger partial charge on any atom is 0.281 e. The lowest BCUT2D eigenvalue weighted by molar-refractivity contribution is 0.597. The molecule has 21 heavy (non-hydrogen) atoms. The standard InChI is InChI=1S/C11H10BrN5O2S2/c12-7-2-1-3-8(6-7)16-21(18,19)10-9(15-13)14-11-17(10)4-5-20-11/h1-6,15-16H,13H2. The van der Waals surface area contributed by atoms with Gasteiger partial charge < -0.3 is 5.43 Å². The van der Waals surface area contributed by atoms with Crippen LogP contribution in [-0.2, 0) is 10.0 Å². The fourth-order valence-electron chi connectivity index (χ4n) is 1.87. The van der Waals surface area contributed by atoms with Crippen molar-refractivity contribution in [3.63, 3.8) is 0 Å². The molecule has 0 spiro atoms. The Hall–Kier alpha value is -1.62. The van der Waals surface area contributed by atoms with Gasteiger partial charge in [0.05, 0.1) is 0 Å². The van der Waals surface area contributed by atoms with Crippen LogP contribution in [-0.4, -0.2) is 17.8 Å². The molecule has 0 aliphatic rings.